The van der Waals surface area contributed by atoms with Crippen LogP contribution in [0.1, 0.15) is 22.8 Å². The molecule has 2 N–H and O–H groups in total. The number of pyridine rings is 1. The number of benzene rings is 1. The molecule has 0 spiro atoms. The Bertz CT molecular complexity index is 641. The number of rotatable bonds is 4. The fourth-order valence-corrected chi connectivity index (χ4v) is 1.80. The summed E-state index contributed by atoms with van der Waals surface area (Å²) < 4.78 is 0. The highest BCUT2D eigenvalue weighted by molar-refractivity contribution is 6.00. The number of nitrogens with one attached hydrogen (secondary N) is 2. The molecule has 0 radical (unpaired) electrons. The van der Waals surface area contributed by atoms with Crippen LogP contribution in [0.5, 0.6) is 0 Å². The van der Waals surface area contributed by atoms with Crippen molar-refractivity contribution in [3.05, 3.63) is 59.8 Å². The van der Waals surface area contributed by atoms with Crippen LogP contribution in [0.3, 0.4) is 0 Å². The van der Waals surface area contributed by atoms with Crippen LogP contribution in [0.2, 0.25) is 0 Å². The number of aryl methyl sites for hydroxylation is 1. The summed E-state index contributed by atoms with van der Waals surface area (Å²) in [7, 11) is 0. The zero-order chi connectivity index (χ0) is 15.2. The van der Waals surface area contributed by atoms with Crippen LogP contribution in [0.4, 0.5) is 5.82 Å². The number of aromatic nitrogens is 1. The van der Waals surface area contributed by atoms with E-state index in [0.29, 0.717) is 11.4 Å². The van der Waals surface area contributed by atoms with Gasteiger partial charge in [-0.3, -0.25) is 9.59 Å². The predicted molar refractivity (Wildman–Crippen MR) is 81.0 cm³/mol. The lowest BCUT2D eigenvalue weighted by Crippen LogP contribution is -2.41. The minimum atomic E-state index is -0.653. The SMILES string of the molecule is Cc1cccc(C(=O)N[C@H](C)C(=O)Nc2ccccn2)c1. The van der Waals surface area contributed by atoms with Gasteiger partial charge in [0.2, 0.25) is 5.91 Å². The second-order valence-corrected chi connectivity index (χ2v) is 4.77. The first kappa shape index (κ1) is 14.7. The summed E-state index contributed by atoms with van der Waals surface area (Å²) in [6, 6.07) is 11.8. The lowest BCUT2D eigenvalue weighted by molar-refractivity contribution is -0.117. The molecular weight excluding hydrogens is 266 g/mol. The predicted octanol–water partition coefficient (Wildman–Crippen LogP) is 2.15. The monoisotopic (exact) mass is 283 g/mol. The van der Waals surface area contributed by atoms with E-state index >= 15 is 0 Å². The smallest absolute Gasteiger partial charge is 0.251 e. The number of carbonyl (C=O) groups excluding carboxylic acids is 2. The Morgan fingerprint density at radius 3 is 2.62 bits per heavy atom. The van der Waals surface area contributed by atoms with Crippen LogP contribution >= 0.6 is 0 Å². The summed E-state index contributed by atoms with van der Waals surface area (Å²) in [5.41, 5.74) is 1.53. The minimum Gasteiger partial charge on any atom is -0.341 e. The van der Waals surface area contributed by atoms with E-state index in [0.717, 1.165) is 5.56 Å². The third-order valence-electron chi connectivity index (χ3n) is 2.94. The number of amides is 2. The van der Waals surface area contributed by atoms with Crippen molar-refractivity contribution in [2.75, 3.05) is 5.32 Å². The highest BCUT2D eigenvalue weighted by Crippen LogP contribution is 2.05. The van der Waals surface area contributed by atoms with Gasteiger partial charge in [-0.05, 0) is 38.1 Å². The van der Waals surface area contributed by atoms with E-state index in [1.54, 1.807) is 43.5 Å². The van der Waals surface area contributed by atoms with Gasteiger partial charge in [-0.2, -0.15) is 0 Å². The number of hydrogen-bond donors (Lipinski definition) is 2. The number of nitrogens with zero attached hydrogens (tertiary/aromatic N) is 1. The molecule has 0 fully saturated rings. The molecule has 5 nitrogen and oxygen atoms in total. The quantitative estimate of drug-likeness (QED) is 0.903. The molecule has 0 aliphatic carbocycles. The van der Waals surface area contributed by atoms with Gasteiger partial charge in [0.25, 0.3) is 5.91 Å². The molecule has 1 heterocycles. The fraction of sp³-hybridized carbons (Fsp3) is 0.188. The van der Waals surface area contributed by atoms with Crippen LogP contribution in [0.15, 0.2) is 48.7 Å². The molecule has 21 heavy (non-hydrogen) atoms. The van der Waals surface area contributed by atoms with E-state index in [4.69, 9.17) is 0 Å². The van der Waals surface area contributed by atoms with Gasteiger partial charge in [0.05, 0.1) is 0 Å². The average molecular weight is 283 g/mol. The van der Waals surface area contributed by atoms with E-state index in [9.17, 15) is 9.59 Å². The topological polar surface area (TPSA) is 71.1 Å². The molecule has 2 amide bonds. The normalized spacial score (nSPS) is 11.5. The highest BCUT2D eigenvalue weighted by atomic mass is 16.2. The molecule has 0 aliphatic heterocycles. The summed E-state index contributed by atoms with van der Waals surface area (Å²) in [6.07, 6.45) is 1.59. The van der Waals surface area contributed by atoms with Crippen LogP contribution in [0, 0.1) is 6.92 Å². The fourth-order valence-electron chi connectivity index (χ4n) is 1.80. The number of carbonyl (C=O) groups is 2. The Morgan fingerprint density at radius 1 is 1.14 bits per heavy atom. The first-order valence-electron chi connectivity index (χ1n) is 6.65. The summed E-state index contributed by atoms with van der Waals surface area (Å²) >= 11 is 0. The lowest BCUT2D eigenvalue weighted by atomic mass is 10.1. The van der Waals surface area contributed by atoms with E-state index < -0.39 is 6.04 Å². The number of hydrogen-bond acceptors (Lipinski definition) is 3. The van der Waals surface area contributed by atoms with Gasteiger partial charge in [0.15, 0.2) is 0 Å². The Hall–Kier alpha value is -2.69. The van der Waals surface area contributed by atoms with Crippen molar-refractivity contribution in [3.63, 3.8) is 0 Å². The molecule has 0 aliphatic rings. The first-order chi connectivity index (χ1) is 10.1. The molecule has 0 bridgehead atoms. The van der Waals surface area contributed by atoms with Gasteiger partial charge in [0.1, 0.15) is 11.9 Å². The summed E-state index contributed by atoms with van der Waals surface area (Å²) in [4.78, 5) is 28.0. The Kier molecular flexibility index (Phi) is 4.66. The second-order valence-electron chi connectivity index (χ2n) is 4.77. The molecule has 108 valence electrons. The van der Waals surface area contributed by atoms with Gasteiger partial charge >= 0.3 is 0 Å². The van der Waals surface area contributed by atoms with Gasteiger partial charge in [-0.25, -0.2) is 4.98 Å². The van der Waals surface area contributed by atoms with E-state index in [1.807, 2.05) is 19.1 Å². The third kappa shape index (κ3) is 4.14. The molecule has 0 saturated heterocycles. The Labute approximate surface area is 123 Å². The average Bonchev–Trinajstić information content (AvgIpc) is 2.48. The van der Waals surface area contributed by atoms with Crippen LogP contribution in [0.25, 0.3) is 0 Å². The van der Waals surface area contributed by atoms with Crippen LogP contribution in [-0.2, 0) is 4.79 Å². The second kappa shape index (κ2) is 6.65. The van der Waals surface area contributed by atoms with E-state index in [1.165, 1.54) is 0 Å². The highest BCUT2D eigenvalue weighted by Gasteiger charge is 2.17. The minimum absolute atomic E-state index is 0.276. The Morgan fingerprint density at radius 2 is 1.95 bits per heavy atom. The third-order valence-corrected chi connectivity index (χ3v) is 2.94. The van der Waals surface area contributed by atoms with Crippen LogP contribution in [-0.4, -0.2) is 22.8 Å². The molecule has 1 atom stereocenters. The molecule has 1 aromatic carbocycles. The van der Waals surface area contributed by atoms with E-state index in [2.05, 4.69) is 15.6 Å². The van der Waals surface area contributed by atoms with Crippen molar-refractivity contribution in [1.82, 2.24) is 10.3 Å². The van der Waals surface area contributed by atoms with Crippen molar-refractivity contribution in [3.8, 4) is 0 Å². The summed E-state index contributed by atoms with van der Waals surface area (Å²) in [6.45, 7) is 3.54. The van der Waals surface area contributed by atoms with Gasteiger partial charge < -0.3 is 10.6 Å². The molecule has 0 unspecified atom stereocenters. The molecule has 2 aromatic rings. The van der Waals surface area contributed by atoms with Gasteiger partial charge in [-0.1, -0.05) is 23.8 Å². The summed E-state index contributed by atoms with van der Waals surface area (Å²) in [5, 5.41) is 5.31. The molecule has 2 rings (SSSR count). The zero-order valence-corrected chi connectivity index (χ0v) is 12.0. The van der Waals surface area contributed by atoms with E-state index in [-0.39, 0.29) is 11.8 Å². The lowest BCUT2D eigenvalue weighted by Gasteiger charge is -2.14. The molecule has 5 heteroatoms. The molecular formula is C16H17N3O2. The van der Waals surface area contributed by atoms with Gasteiger partial charge in [0, 0.05) is 11.8 Å². The maximum absolute atomic E-state index is 12.1. The van der Waals surface area contributed by atoms with Crippen molar-refractivity contribution in [1.29, 1.82) is 0 Å². The van der Waals surface area contributed by atoms with Gasteiger partial charge in [-0.15, -0.1) is 0 Å². The molecule has 0 saturated carbocycles. The maximum atomic E-state index is 12.1. The standard InChI is InChI=1S/C16H17N3O2/c1-11-6-5-7-13(10-11)16(21)18-12(2)15(20)19-14-8-3-4-9-17-14/h3-10,12H,1-2H3,(H,18,21)(H,17,19,20)/t12-/m1/s1. The largest absolute Gasteiger partial charge is 0.341 e. The van der Waals surface area contributed by atoms with Crippen molar-refractivity contribution in [2.45, 2.75) is 19.9 Å². The maximum Gasteiger partial charge on any atom is 0.251 e. The van der Waals surface area contributed by atoms with Crippen molar-refractivity contribution in [2.24, 2.45) is 0 Å². The zero-order valence-electron chi connectivity index (χ0n) is 12.0. The first-order valence-corrected chi connectivity index (χ1v) is 6.65. The van der Waals surface area contributed by atoms with Crippen molar-refractivity contribution < 1.29 is 9.59 Å². The Balaban J connectivity index is 1.96. The summed E-state index contributed by atoms with van der Waals surface area (Å²) in [5.74, 6) is -0.128. The van der Waals surface area contributed by atoms with Crippen LogP contribution < -0.4 is 10.6 Å². The molecule has 1 aromatic heterocycles. The number of anilines is 1. The van der Waals surface area contributed by atoms with Crippen molar-refractivity contribution >= 4 is 17.6 Å².